The molecule has 1 aliphatic carbocycles. The molecule has 0 spiro atoms. The van der Waals surface area contributed by atoms with Crippen LogP contribution in [-0.2, 0) is 4.74 Å². The van der Waals surface area contributed by atoms with Crippen LogP contribution in [0.1, 0.15) is 40.0 Å². The van der Waals surface area contributed by atoms with Crippen LogP contribution in [0.4, 0.5) is 0 Å². The van der Waals surface area contributed by atoms with Gasteiger partial charge in [0.25, 0.3) is 0 Å². The Labute approximate surface area is 93.0 Å². The maximum atomic E-state index is 8.86. The van der Waals surface area contributed by atoms with E-state index in [2.05, 4.69) is 20.8 Å². The van der Waals surface area contributed by atoms with Crippen molar-refractivity contribution >= 4 is 0 Å². The Bertz CT molecular complexity index is 200. The quantitative estimate of drug-likeness (QED) is 0.748. The van der Waals surface area contributed by atoms with Gasteiger partial charge in [-0.1, -0.05) is 27.2 Å². The van der Waals surface area contributed by atoms with Crippen LogP contribution in [-0.4, -0.2) is 30.5 Å². The third-order valence-corrected chi connectivity index (χ3v) is 3.60. The molecule has 2 atom stereocenters. The average molecular weight is 215 g/mol. The minimum absolute atomic E-state index is 0.0820. The lowest BCUT2D eigenvalue weighted by atomic mass is 9.72. The van der Waals surface area contributed by atoms with Crippen molar-refractivity contribution < 1.29 is 9.84 Å². The number of aliphatic hydroxyl groups is 1. The predicted molar refractivity (Wildman–Crippen MR) is 61.6 cm³/mol. The minimum atomic E-state index is -0.193. The molecule has 3 heteroatoms. The van der Waals surface area contributed by atoms with Crippen LogP contribution in [0, 0.1) is 11.3 Å². The summed E-state index contributed by atoms with van der Waals surface area (Å²) in [6.45, 7) is 7.79. The van der Waals surface area contributed by atoms with Gasteiger partial charge in [-0.05, 0) is 24.2 Å². The summed E-state index contributed by atoms with van der Waals surface area (Å²) in [5.41, 5.74) is 5.92. The highest BCUT2D eigenvalue weighted by molar-refractivity contribution is 4.99. The highest BCUT2D eigenvalue weighted by Gasteiger charge is 2.47. The molecule has 0 saturated heterocycles. The van der Waals surface area contributed by atoms with Crippen LogP contribution in [0.3, 0.4) is 0 Å². The number of hydrogen-bond donors (Lipinski definition) is 2. The zero-order valence-corrected chi connectivity index (χ0v) is 10.3. The summed E-state index contributed by atoms with van der Waals surface area (Å²) in [6, 6.07) is 0. The molecular weight excluding hydrogens is 190 g/mol. The van der Waals surface area contributed by atoms with E-state index in [1.165, 1.54) is 12.8 Å². The Morgan fingerprint density at radius 3 is 2.60 bits per heavy atom. The summed E-state index contributed by atoms with van der Waals surface area (Å²) < 4.78 is 5.85. The fourth-order valence-electron chi connectivity index (χ4n) is 2.99. The minimum Gasteiger partial charge on any atom is -0.394 e. The van der Waals surface area contributed by atoms with E-state index in [1.807, 2.05) is 0 Å². The molecule has 0 amide bonds. The van der Waals surface area contributed by atoms with E-state index in [0.717, 1.165) is 6.42 Å². The van der Waals surface area contributed by atoms with Crippen LogP contribution < -0.4 is 5.73 Å². The van der Waals surface area contributed by atoms with Gasteiger partial charge in [-0.2, -0.15) is 0 Å². The van der Waals surface area contributed by atoms with Crippen LogP contribution >= 0.6 is 0 Å². The first-order valence-corrected chi connectivity index (χ1v) is 5.91. The summed E-state index contributed by atoms with van der Waals surface area (Å²) >= 11 is 0. The molecule has 15 heavy (non-hydrogen) atoms. The van der Waals surface area contributed by atoms with E-state index in [-0.39, 0.29) is 17.6 Å². The molecule has 3 nitrogen and oxygen atoms in total. The maximum Gasteiger partial charge on any atom is 0.0838 e. The molecule has 0 aliphatic heterocycles. The van der Waals surface area contributed by atoms with Crippen molar-refractivity contribution in [3.8, 4) is 0 Å². The van der Waals surface area contributed by atoms with Crippen molar-refractivity contribution in [2.75, 3.05) is 19.8 Å². The van der Waals surface area contributed by atoms with Gasteiger partial charge >= 0.3 is 0 Å². The van der Waals surface area contributed by atoms with Crippen molar-refractivity contribution in [1.82, 2.24) is 0 Å². The van der Waals surface area contributed by atoms with Crippen LogP contribution in [0.5, 0.6) is 0 Å². The van der Waals surface area contributed by atoms with Crippen molar-refractivity contribution in [3.63, 3.8) is 0 Å². The van der Waals surface area contributed by atoms with Crippen LogP contribution in [0.2, 0.25) is 0 Å². The van der Waals surface area contributed by atoms with Crippen molar-refractivity contribution in [2.45, 2.75) is 45.6 Å². The molecule has 1 rings (SSSR count). The molecule has 0 heterocycles. The van der Waals surface area contributed by atoms with Crippen molar-refractivity contribution in [3.05, 3.63) is 0 Å². The van der Waals surface area contributed by atoms with Gasteiger partial charge in [-0.3, -0.25) is 0 Å². The first-order valence-electron chi connectivity index (χ1n) is 5.91. The molecule has 90 valence electrons. The predicted octanol–water partition coefficient (Wildman–Crippen LogP) is 1.54. The molecule has 0 bridgehead atoms. The Balaban J connectivity index is 2.77. The smallest absolute Gasteiger partial charge is 0.0838 e. The second kappa shape index (κ2) is 4.81. The van der Waals surface area contributed by atoms with Gasteiger partial charge in [0.05, 0.1) is 18.8 Å². The van der Waals surface area contributed by atoms with E-state index in [0.29, 0.717) is 19.1 Å². The largest absolute Gasteiger partial charge is 0.394 e. The summed E-state index contributed by atoms with van der Waals surface area (Å²) in [5.74, 6) is 0.501. The first kappa shape index (κ1) is 12.9. The molecule has 1 saturated carbocycles. The maximum absolute atomic E-state index is 8.86. The Morgan fingerprint density at radius 1 is 1.47 bits per heavy atom. The fraction of sp³-hybridized carbons (Fsp3) is 1.00. The Hall–Kier alpha value is -0.120. The third kappa shape index (κ3) is 2.71. The second-order valence-electron chi connectivity index (χ2n) is 5.65. The number of rotatable bonds is 4. The zero-order chi connectivity index (χ0) is 11.5. The Morgan fingerprint density at radius 2 is 2.13 bits per heavy atom. The SMILES string of the molecule is CC(C)(C)C1CCCC1(CN)OCCO. The van der Waals surface area contributed by atoms with Crippen LogP contribution in [0.15, 0.2) is 0 Å². The molecule has 2 unspecified atom stereocenters. The molecule has 0 aromatic rings. The Kier molecular flexibility index (Phi) is 4.15. The molecular formula is C12H25NO2. The number of nitrogens with two attached hydrogens (primary N) is 1. The molecule has 0 radical (unpaired) electrons. The van der Waals surface area contributed by atoms with E-state index in [9.17, 15) is 0 Å². The first-order chi connectivity index (χ1) is 6.96. The van der Waals surface area contributed by atoms with Crippen LogP contribution in [0.25, 0.3) is 0 Å². The van der Waals surface area contributed by atoms with Gasteiger partial charge < -0.3 is 15.6 Å². The van der Waals surface area contributed by atoms with Gasteiger partial charge in [-0.15, -0.1) is 0 Å². The molecule has 1 aliphatic rings. The van der Waals surface area contributed by atoms with E-state index < -0.39 is 0 Å². The number of aliphatic hydroxyl groups excluding tert-OH is 1. The van der Waals surface area contributed by atoms with E-state index in [1.54, 1.807) is 0 Å². The van der Waals surface area contributed by atoms with Gasteiger partial charge in [0, 0.05) is 6.54 Å². The highest BCUT2D eigenvalue weighted by atomic mass is 16.5. The van der Waals surface area contributed by atoms with Gasteiger partial charge in [-0.25, -0.2) is 0 Å². The number of ether oxygens (including phenoxy) is 1. The second-order valence-corrected chi connectivity index (χ2v) is 5.65. The fourth-order valence-corrected chi connectivity index (χ4v) is 2.99. The normalized spacial score (nSPS) is 32.2. The summed E-state index contributed by atoms with van der Waals surface area (Å²) in [5, 5.41) is 8.86. The monoisotopic (exact) mass is 215 g/mol. The molecule has 1 fully saturated rings. The lowest BCUT2D eigenvalue weighted by Gasteiger charge is -2.41. The third-order valence-electron chi connectivity index (χ3n) is 3.60. The van der Waals surface area contributed by atoms with Gasteiger partial charge in [0.15, 0.2) is 0 Å². The van der Waals surface area contributed by atoms with Crippen molar-refractivity contribution in [2.24, 2.45) is 17.1 Å². The number of hydrogen-bond acceptors (Lipinski definition) is 3. The molecule has 3 N–H and O–H groups in total. The summed E-state index contributed by atoms with van der Waals surface area (Å²) in [7, 11) is 0. The summed E-state index contributed by atoms with van der Waals surface area (Å²) in [4.78, 5) is 0. The highest BCUT2D eigenvalue weighted by Crippen LogP contribution is 2.47. The molecule has 0 aromatic carbocycles. The summed E-state index contributed by atoms with van der Waals surface area (Å²) in [6.07, 6.45) is 3.40. The van der Waals surface area contributed by atoms with Gasteiger partial charge in [0.2, 0.25) is 0 Å². The topological polar surface area (TPSA) is 55.5 Å². The molecule has 0 aromatic heterocycles. The van der Waals surface area contributed by atoms with Gasteiger partial charge in [0.1, 0.15) is 0 Å². The lowest BCUT2D eigenvalue weighted by molar-refractivity contribution is -0.101. The van der Waals surface area contributed by atoms with Crippen molar-refractivity contribution in [1.29, 1.82) is 0 Å². The zero-order valence-electron chi connectivity index (χ0n) is 10.3. The lowest BCUT2D eigenvalue weighted by Crippen LogP contribution is -2.49. The standard InChI is InChI=1S/C12H25NO2/c1-11(2,3)10-5-4-6-12(10,9-13)15-8-7-14/h10,14H,4-9,13H2,1-3H3. The average Bonchev–Trinajstić information content (AvgIpc) is 2.58. The van der Waals surface area contributed by atoms with E-state index in [4.69, 9.17) is 15.6 Å². The van der Waals surface area contributed by atoms with E-state index >= 15 is 0 Å².